The van der Waals surface area contributed by atoms with E-state index in [9.17, 15) is 0 Å². The lowest BCUT2D eigenvalue weighted by Crippen LogP contribution is -2.12. The van der Waals surface area contributed by atoms with Crippen LogP contribution in [0.25, 0.3) is 0 Å². The molecule has 0 fully saturated rings. The molecule has 1 aromatic rings. The number of methoxy groups -OCH3 is 3. The van der Waals surface area contributed by atoms with Gasteiger partial charge in [0.2, 0.25) is 5.75 Å². The van der Waals surface area contributed by atoms with Crippen molar-refractivity contribution in [1.82, 2.24) is 0 Å². The molecule has 0 aliphatic rings. The molecule has 0 bridgehead atoms. The van der Waals surface area contributed by atoms with Gasteiger partial charge in [0.25, 0.3) is 0 Å². The number of benzene rings is 1. The van der Waals surface area contributed by atoms with E-state index in [1.54, 1.807) is 21.3 Å². The highest BCUT2D eigenvalue weighted by Crippen LogP contribution is 2.39. The van der Waals surface area contributed by atoms with Crippen LogP contribution in [0.1, 0.15) is 6.92 Å². The Balaban J connectivity index is 3.14. The molecular weight excluding hydrogens is 218 g/mol. The maximum absolute atomic E-state index is 5.32. The van der Waals surface area contributed by atoms with Gasteiger partial charge in [0, 0.05) is 17.8 Å². The molecule has 1 aromatic carbocycles. The first-order valence-electron chi connectivity index (χ1n) is 5.19. The summed E-state index contributed by atoms with van der Waals surface area (Å²) in [4.78, 5) is 0. The Morgan fingerprint density at radius 1 is 1.12 bits per heavy atom. The van der Waals surface area contributed by atoms with Crippen LogP contribution in [0.2, 0.25) is 0 Å². The van der Waals surface area contributed by atoms with E-state index in [-0.39, 0.29) is 6.04 Å². The fourth-order valence-electron chi connectivity index (χ4n) is 1.46. The smallest absolute Gasteiger partial charge is 0.203 e. The lowest BCUT2D eigenvalue weighted by molar-refractivity contribution is 0.324. The van der Waals surface area contributed by atoms with Gasteiger partial charge in [-0.2, -0.15) is 0 Å². The van der Waals surface area contributed by atoms with Crippen LogP contribution in [0, 0.1) is 12.3 Å². The molecule has 0 spiro atoms. The average Bonchev–Trinajstić information content (AvgIpc) is 2.37. The monoisotopic (exact) mass is 235 g/mol. The van der Waals surface area contributed by atoms with Gasteiger partial charge in [0.15, 0.2) is 11.5 Å². The minimum Gasteiger partial charge on any atom is -0.493 e. The number of ether oxygens (including phenoxy) is 3. The van der Waals surface area contributed by atoms with E-state index in [1.165, 1.54) is 0 Å². The lowest BCUT2D eigenvalue weighted by Gasteiger charge is -2.16. The minimum atomic E-state index is -0.0715. The zero-order chi connectivity index (χ0) is 12.8. The zero-order valence-electron chi connectivity index (χ0n) is 10.5. The van der Waals surface area contributed by atoms with Crippen LogP contribution in [0.5, 0.6) is 17.2 Å². The summed E-state index contributed by atoms with van der Waals surface area (Å²) < 4.78 is 15.7. The molecule has 92 valence electrons. The van der Waals surface area contributed by atoms with Gasteiger partial charge in [0.05, 0.1) is 27.4 Å². The number of nitrogens with one attached hydrogen (secondary N) is 1. The molecule has 0 radical (unpaired) electrons. The predicted octanol–water partition coefficient (Wildman–Crippen LogP) is 2.15. The zero-order valence-corrected chi connectivity index (χ0v) is 10.5. The number of hydrogen-bond acceptors (Lipinski definition) is 4. The third kappa shape index (κ3) is 2.97. The third-order valence-electron chi connectivity index (χ3n) is 2.30. The van der Waals surface area contributed by atoms with Crippen molar-refractivity contribution < 1.29 is 14.2 Å². The van der Waals surface area contributed by atoms with E-state index in [0.717, 1.165) is 5.69 Å². The van der Waals surface area contributed by atoms with Crippen LogP contribution in [0.4, 0.5) is 5.69 Å². The Labute approximate surface area is 102 Å². The summed E-state index contributed by atoms with van der Waals surface area (Å²) in [5.41, 5.74) is 0.824. The van der Waals surface area contributed by atoms with E-state index in [0.29, 0.717) is 17.2 Å². The van der Waals surface area contributed by atoms with Crippen molar-refractivity contribution >= 4 is 5.69 Å². The molecule has 0 aromatic heterocycles. The molecule has 4 heteroatoms. The topological polar surface area (TPSA) is 39.7 Å². The summed E-state index contributed by atoms with van der Waals surface area (Å²) >= 11 is 0. The van der Waals surface area contributed by atoms with Crippen LogP contribution in [0.3, 0.4) is 0 Å². The second kappa shape index (κ2) is 5.90. The molecule has 0 saturated carbocycles. The largest absolute Gasteiger partial charge is 0.493 e. The second-order valence-corrected chi connectivity index (χ2v) is 3.45. The third-order valence-corrected chi connectivity index (χ3v) is 2.30. The van der Waals surface area contributed by atoms with Crippen molar-refractivity contribution in [1.29, 1.82) is 0 Å². The van der Waals surface area contributed by atoms with E-state index >= 15 is 0 Å². The maximum atomic E-state index is 5.32. The molecule has 0 aliphatic carbocycles. The highest BCUT2D eigenvalue weighted by atomic mass is 16.5. The summed E-state index contributed by atoms with van der Waals surface area (Å²) in [7, 11) is 4.72. The van der Waals surface area contributed by atoms with Gasteiger partial charge < -0.3 is 19.5 Å². The first kappa shape index (κ1) is 13.0. The standard InChI is InChI=1S/C13H17NO3/c1-6-9(2)14-10-7-11(15-3)13(17-5)12(8-10)16-4/h1,7-9,14H,2-5H3. The molecule has 17 heavy (non-hydrogen) atoms. The van der Waals surface area contributed by atoms with Crippen LogP contribution in [-0.4, -0.2) is 27.4 Å². The second-order valence-electron chi connectivity index (χ2n) is 3.45. The molecule has 0 saturated heterocycles. The number of rotatable bonds is 5. The van der Waals surface area contributed by atoms with Gasteiger partial charge in [-0.05, 0) is 6.92 Å². The molecule has 0 amide bonds. The molecule has 1 atom stereocenters. The van der Waals surface area contributed by atoms with Crippen LogP contribution < -0.4 is 19.5 Å². The molecule has 1 rings (SSSR count). The van der Waals surface area contributed by atoms with Crippen molar-refractivity contribution in [3.63, 3.8) is 0 Å². The molecule has 0 heterocycles. The Hall–Kier alpha value is -2.02. The summed E-state index contributed by atoms with van der Waals surface area (Å²) in [6, 6.07) is 3.56. The van der Waals surface area contributed by atoms with Crippen molar-refractivity contribution in [2.45, 2.75) is 13.0 Å². The van der Waals surface area contributed by atoms with Gasteiger partial charge in [-0.25, -0.2) is 0 Å². The van der Waals surface area contributed by atoms with Gasteiger partial charge in [-0.15, -0.1) is 6.42 Å². The number of anilines is 1. The van der Waals surface area contributed by atoms with Gasteiger partial charge in [-0.3, -0.25) is 0 Å². The first-order valence-corrected chi connectivity index (χ1v) is 5.19. The van der Waals surface area contributed by atoms with Crippen molar-refractivity contribution in [3.8, 4) is 29.6 Å². The highest BCUT2D eigenvalue weighted by Gasteiger charge is 2.13. The van der Waals surface area contributed by atoms with Crippen LogP contribution in [-0.2, 0) is 0 Å². The Morgan fingerprint density at radius 2 is 1.65 bits per heavy atom. The Kier molecular flexibility index (Phi) is 4.53. The Morgan fingerprint density at radius 3 is 2.00 bits per heavy atom. The lowest BCUT2D eigenvalue weighted by atomic mass is 10.2. The fourth-order valence-corrected chi connectivity index (χ4v) is 1.46. The summed E-state index contributed by atoms with van der Waals surface area (Å²) in [6.07, 6.45) is 5.32. The van der Waals surface area contributed by atoms with E-state index < -0.39 is 0 Å². The summed E-state index contributed by atoms with van der Waals surface area (Å²) in [5.74, 6) is 4.35. The molecular formula is C13H17NO3. The van der Waals surface area contributed by atoms with E-state index in [1.807, 2.05) is 19.1 Å². The van der Waals surface area contributed by atoms with E-state index in [4.69, 9.17) is 20.6 Å². The number of terminal acetylenes is 1. The van der Waals surface area contributed by atoms with Crippen LogP contribution in [0.15, 0.2) is 12.1 Å². The SMILES string of the molecule is C#CC(C)Nc1cc(OC)c(OC)c(OC)c1. The highest BCUT2D eigenvalue weighted by molar-refractivity contribution is 5.63. The van der Waals surface area contributed by atoms with E-state index in [2.05, 4.69) is 11.2 Å². The summed E-state index contributed by atoms with van der Waals surface area (Å²) in [6.45, 7) is 1.89. The normalized spacial score (nSPS) is 11.2. The average molecular weight is 235 g/mol. The molecule has 0 aliphatic heterocycles. The molecule has 4 nitrogen and oxygen atoms in total. The first-order chi connectivity index (χ1) is 8.15. The predicted molar refractivity (Wildman–Crippen MR) is 68.0 cm³/mol. The fraction of sp³-hybridized carbons (Fsp3) is 0.385. The van der Waals surface area contributed by atoms with Crippen molar-refractivity contribution in [2.75, 3.05) is 26.6 Å². The Bertz CT molecular complexity index is 398. The maximum Gasteiger partial charge on any atom is 0.203 e. The van der Waals surface area contributed by atoms with Gasteiger partial charge in [0.1, 0.15) is 0 Å². The number of hydrogen-bond donors (Lipinski definition) is 1. The molecule has 1 unspecified atom stereocenters. The van der Waals surface area contributed by atoms with Crippen molar-refractivity contribution in [2.24, 2.45) is 0 Å². The van der Waals surface area contributed by atoms with Crippen LogP contribution >= 0.6 is 0 Å². The molecule has 1 N–H and O–H groups in total. The van der Waals surface area contributed by atoms with Gasteiger partial charge in [-0.1, -0.05) is 5.92 Å². The van der Waals surface area contributed by atoms with Gasteiger partial charge >= 0.3 is 0 Å². The summed E-state index contributed by atoms with van der Waals surface area (Å²) in [5, 5.41) is 3.14. The minimum absolute atomic E-state index is 0.0715. The van der Waals surface area contributed by atoms with Crippen molar-refractivity contribution in [3.05, 3.63) is 12.1 Å². The quantitative estimate of drug-likeness (QED) is 0.794.